The van der Waals surface area contributed by atoms with Gasteiger partial charge in [-0.1, -0.05) is 12.1 Å². The largest absolute Gasteiger partial charge is 0.507 e. The molecule has 0 atom stereocenters. The lowest BCUT2D eigenvalue weighted by Gasteiger charge is -1.94. The minimum atomic E-state index is 0.191. The van der Waals surface area contributed by atoms with Crippen LogP contribution in [0.4, 0.5) is 5.95 Å². The molecule has 1 aromatic heterocycles. The number of para-hydroxylation sites is 1. The van der Waals surface area contributed by atoms with Crippen LogP contribution in [0.3, 0.4) is 0 Å². The standard InChI is InChI=1S/C9H8N4O/c14-8-4-2-1-3-7(8)5-10-9-11-6-12-13-9/h1-6,14H,(H,11,12,13)/b10-5-. The van der Waals surface area contributed by atoms with Gasteiger partial charge in [-0.3, -0.25) is 0 Å². The minimum absolute atomic E-state index is 0.191. The number of aromatic nitrogens is 3. The Morgan fingerprint density at radius 3 is 2.93 bits per heavy atom. The van der Waals surface area contributed by atoms with E-state index in [9.17, 15) is 5.11 Å². The second kappa shape index (κ2) is 3.69. The fourth-order valence-corrected chi connectivity index (χ4v) is 0.989. The highest BCUT2D eigenvalue weighted by molar-refractivity contribution is 5.84. The Kier molecular flexibility index (Phi) is 2.22. The van der Waals surface area contributed by atoms with E-state index in [-0.39, 0.29) is 5.75 Å². The maximum absolute atomic E-state index is 9.40. The number of rotatable bonds is 2. The van der Waals surface area contributed by atoms with Crippen LogP contribution in [-0.2, 0) is 0 Å². The van der Waals surface area contributed by atoms with Gasteiger partial charge in [0.05, 0.1) is 0 Å². The average molecular weight is 188 g/mol. The van der Waals surface area contributed by atoms with Gasteiger partial charge in [0.2, 0.25) is 5.95 Å². The molecule has 1 aromatic carbocycles. The topological polar surface area (TPSA) is 74.2 Å². The zero-order chi connectivity index (χ0) is 9.80. The highest BCUT2D eigenvalue weighted by atomic mass is 16.3. The van der Waals surface area contributed by atoms with Crippen molar-refractivity contribution in [1.82, 2.24) is 15.2 Å². The van der Waals surface area contributed by atoms with Crippen LogP contribution in [0.25, 0.3) is 0 Å². The summed E-state index contributed by atoms with van der Waals surface area (Å²) in [7, 11) is 0. The van der Waals surface area contributed by atoms with Crippen LogP contribution in [0.5, 0.6) is 5.75 Å². The first kappa shape index (κ1) is 8.43. The number of phenolic OH excluding ortho intramolecular Hbond substituents is 1. The molecule has 5 nitrogen and oxygen atoms in total. The van der Waals surface area contributed by atoms with Crippen LogP contribution in [0, 0.1) is 0 Å². The third kappa shape index (κ3) is 1.77. The van der Waals surface area contributed by atoms with Crippen molar-refractivity contribution in [3.8, 4) is 5.75 Å². The summed E-state index contributed by atoms with van der Waals surface area (Å²) in [5, 5.41) is 15.6. The molecule has 5 heteroatoms. The average Bonchev–Trinajstić information content (AvgIpc) is 2.69. The minimum Gasteiger partial charge on any atom is -0.507 e. The molecular formula is C9H8N4O. The van der Waals surface area contributed by atoms with Gasteiger partial charge in [-0.15, -0.1) is 0 Å². The van der Waals surface area contributed by atoms with E-state index >= 15 is 0 Å². The van der Waals surface area contributed by atoms with E-state index in [2.05, 4.69) is 20.2 Å². The number of aromatic hydroxyl groups is 1. The molecule has 0 aliphatic heterocycles. The summed E-state index contributed by atoms with van der Waals surface area (Å²) >= 11 is 0. The molecule has 0 fully saturated rings. The van der Waals surface area contributed by atoms with E-state index in [1.54, 1.807) is 18.2 Å². The number of hydrogen-bond acceptors (Lipinski definition) is 4. The van der Waals surface area contributed by atoms with E-state index in [1.165, 1.54) is 12.5 Å². The molecule has 0 amide bonds. The monoisotopic (exact) mass is 188 g/mol. The molecular weight excluding hydrogens is 180 g/mol. The number of H-pyrrole nitrogens is 1. The van der Waals surface area contributed by atoms with E-state index in [1.807, 2.05) is 6.07 Å². The quantitative estimate of drug-likeness (QED) is 0.697. The smallest absolute Gasteiger partial charge is 0.245 e. The van der Waals surface area contributed by atoms with Gasteiger partial charge in [0.25, 0.3) is 0 Å². The van der Waals surface area contributed by atoms with Crippen molar-refractivity contribution in [2.75, 3.05) is 0 Å². The molecule has 0 unspecified atom stereocenters. The zero-order valence-electron chi connectivity index (χ0n) is 7.25. The molecule has 0 spiro atoms. The van der Waals surface area contributed by atoms with E-state index in [4.69, 9.17) is 0 Å². The lowest BCUT2D eigenvalue weighted by Crippen LogP contribution is -1.81. The molecule has 2 N–H and O–H groups in total. The van der Waals surface area contributed by atoms with Crippen LogP contribution in [0.2, 0.25) is 0 Å². The predicted molar refractivity (Wildman–Crippen MR) is 51.7 cm³/mol. The molecule has 0 radical (unpaired) electrons. The first-order valence-electron chi connectivity index (χ1n) is 4.04. The van der Waals surface area contributed by atoms with Gasteiger partial charge >= 0.3 is 0 Å². The molecule has 0 saturated heterocycles. The molecule has 0 aliphatic rings. The van der Waals surface area contributed by atoms with Crippen LogP contribution >= 0.6 is 0 Å². The number of nitrogens with one attached hydrogen (secondary N) is 1. The van der Waals surface area contributed by atoms with Crippen molar-refractivity contribution >= 4 is 12.2 Å². The molecule has 2 aromatic rings. The Morgan fingerprint density at radius 1 is 1.36 bits per heavy atom. The number of aliphatic imine (C=N–C) groups is 1. The van der Waals surface area contributed by atoms with Gasteiger partial charge in [-0.05, 0) is 12.1 Å². The van der Waals surface area contributed by atoms with Crippen molar-refractivity contribution in [3.05, 3.63) is 36.2 Å². The van der Waals surface area contributed by atoms with Crippen molar-refractivity contribution in [3.63, 3.8) is 0 Å². The van der Waals surface area contributed by atoms with Gasteiger partial charge < -0.3 is 5.11 Å². The molecule has 0 aliphatic carbocycles. The summed E-state index contributed by atoms with van der Waals surface area (Å²) in [6.45, 7) is 0. The number of hydrogen-bond donors (Lipinski definition) is 2. The van der Waals surface area contributed by atoms with Crippen molar-refractivity contribution in [2.24, 2.45) is 4.99 Å². The highest BCUT2D eigenvalue weighted by Crippen LogP contribution is 2.13. The van der Waals surface area contributed by atoms with Crippen molar-refractivity contribution in [2.45, 2.75) is 0 Å². The van der Waals surface area contributed by atoms with Crippen LogP contribution in [0.15, 0.2) is 35.6 Å². The molecule has 14 heavy (non-hydrogen) atoms. The van der Waals surface area contributed by atoms with Gasteiger partial charge in [-0.2, -0.15) is 10.1 Å². The zero-order valence-corrected chi connectivity index (χ0v) is 7.25. The van der Waals surface area contributed by atoms with Gasteiger partial charge in [0, 0.05) is 11.8 Å². The second-order valence-electron chi connectivity index (χ2n) is 2.63. The molecule has 0 saturated carbocycles. The van der Waals surface area contributed by atoms with Gasteiger partial charge in [-0.25, -0.2) is 10.1 Å². The molecule has 2 rings (SSSR count). The summed E-state index contributed by atoms with van der Waals surface area (Å²) in [5.41, 5.74) is 0.643. The van der Waals surface area contributed by atoms with Crippen molar-refractivity contribution in [1.29, 1.82) is 0 Å². The summed E-state index contributed by atoms with van der Waals surface area (Å²) in [6.07, 6.45) is 2.90. The van der Waals surface area contributed by atoms with Crippen molar-refractivity contribution < 1.29 is 5.11 Å². The molecule has 1 heterocycles. The Labute approximate surface area is 80.2 Å². The number of nitrogens with zero attached hydrogens (tertiary/aromatic N) is 3. The Morgan fingerprint density at radius 2 is 2.21 bits per heavy atom. The highest BCUT2D eigenvalue weighted by Gasteiger charge is 1.95. The van der Waals surface area contributed by atoms with E-state index < -0.39 is 0 Å². The normalized spacial score (nSPS) is 10.9. The van der Waals surface area contributed by atoms with E-state index in [0.717, 1.165) is 0 Å². The van der Waals surface area contributed by atoms with Crippen LogP contribution in [-0.4, -0.2) is 26.5 Å². The summed E-state index contributed by atoms with van der Waals surface area (Å²) < 4.78 is 0. The SMILES string of the molecule is Oc1ccccc1/C=N\c1ncn[nH]1. The maximum atomic E-state index is 9.40. The summed E-state index contributed by atoms with van der Waals surface area (Å²) in [4.78, 5) is 7.80. The third-order valence-electron chi connectivity index (χ3n) is 1.66. The Bertz CT molecular complexity index is 436. The lowest BCUT2D eigenvalue weighted by atomic mass is 10.2. The first-order chi connectivity index (χ1) is 6.86. The number of aromatic amines is 1. The van der Waals surface area contributed by atoms with E-state index in [0.29, 0.717) is 11.5 Å². The molecule has 0 bridgehead atoms. The summed E-state index contributed by atoms with van der Waals surface area (Å²) in [6, 6.07) is 6.93. The fraction of sp³-hybridized carbons (Fsp3) is 0. The van der Waals surface area contributed by atoms with Gasteiger partial charge in [0.1, 0.15) is 12.1 Å². The number of benzene rings is 1. The third-order valence-corrected chi connectivity index (χ3v) is 1.66. The molecule has 70 valence electrons. The lowest BCUT2D eigenvalue weighted by molar-refractivity contribution is 0.474. The Balaban J connectivity index is 2.23. The Hall–Kier alpha value is -2.17. The predicted octanol–water partition coefficient (Wildman–Crippen LogP) is 1.26. The number of phenols is 1. The van der Waals surface area contributed by atoms with Crippen LogP contribution < -0.4 is 0 Å². The maximum Gasteiger partial charge on any atom is 0.245 e. The van der Waals surface area contributed by atoms with Crippen LogP contribution in [0.1, 0.15) is 5.56 Å². The summed E-state index contributed by atoms with van der Waals surface area (Å²) in [5.74, 6) is 0.601. The first-order valence-corrected chi connectivity index (χ1v) is 4.04. The van der Waals surface area contributed by atoms with Gasteiger partial charge in [0.15, 0.2) is 0 Å². The fourth-order valence-electron chi connectivity index (χ4n) is 0.989. The second-order valence-corrected chi connectivity index (χ2v) is 2.63.